The molecule has 0 saturated heterocycles. The third kappa shape index (κ3) is 5.90. The van der Waals surface area contributed by atoms with Gasteiger partial charge in [0.25, 0.3) is 0 Å². The molecule has 1 aliphatic rings. The van der Waals surface area contributed by atoms with Gasteiger partial charge >= 0.3 is 0 Å². The van der Waals surface area contributed by atoms with Crippen LogP contribution in [0.3, 0.4) is 0 Å². The number of methoxy groups -OCH3 is 1. The van der Waals surface area contributed by atoms with Gasteiger partial charge in [0.05, 0.1) is 18.1 Å². The number of hydrogen-bond acceptors (Lipinski definition) is 6. The van der Waals surface area contributed by atoms with Crippen molar-refractivity contribution in [3.8, 4) is 17.0 Å². The minimum atomic E-state index is -3.18. The molecule has 1 saturated carbocycles. The highest BCUT2D eigenvalue weighted by Crippen LogP contribution is 2.27. The Morgan fingerprint density at radius 2 is 1.86 bits per heavy atom. The largest absolute Gasteiger partial charge is 0.497 e. The average Bonchev–Trinajstić information content (AvgIpc) is 2.74. The van der Waals surface area contributed by atoms with E-state index in [0.717, 1.165) is 48.5 Å². The summed E-state index contributed by atoms with van der Waals surface area (Å²) < 4.78 is 31.8. The summed E-state index contributed by atoms with van der Waals surface area (Å²) in [6, 6.07) is 12.0. The highest BCUT2D eigenvalue weighted by molar-refractivity contribution is 7.90. The van der Waals surface area contributed by atoms with Crippen molar-refractivity contribution in [1.29, 1.82) is 0 Å². The van der Waals surface area contributed by atoms with E-state index in [1.54, 1.807) is 21.0 Å². The minimum absolute atomic E-state index is 0.338. The first-order valence-corrected chi connectivity index (χ1v) is 11.6. The molecule has 0 amide bonds. The van der Waals surface area contributed by atoms with E-state index in [9.17, 15) is 8.42 Å². The van der Waals surface area contributed by atoms with Crippen molar-refractivity contribution in [3.05, 3.63) is 36.4 Å². The highest BCUT2D eigenvalue weighted by atomic mass is 32.2. The van der Waals surface area contributed by atoms with Crippen LogP contribution in [0.15, 0.2) is 36.4 Å². The molecule has 0 spiro atoms. The topological polar surface area (TPSA) is 93.2 Å². The van der Waals surface area contributed by atoms with E-state index in [-0.39, 0.29) is 5.25 Å². The smallest absolute Gasteiger partial charge is 0.213 e. The lowest BCUT2D eigenvalue weighted by molar-refractivity contribution is 0.336. The Balaban J connectivity index is 1.49. The molecule has 1 heterocycles. The number of nitrogens with one attached hydrogen (secondary N) is 2. The second kappa shape index (κ2) is 9.54. The van der Waals surface area contributed by atoms with Gasteiger partial charge in [0.2, 0.25) is 10.0 Å². The molecule has 1 aromatic heterocycles. The molecular formula is C21H30N4O3S. The van der Waals surface area contributed by atoms with E-state index < -0.39 is 10.0 Å². The summed E-state index contributed by atoms with van der Waals surface area (Å²) in [5.74, 6) is 1.95. The van der Waals surface area contributed by atoms with Gasteiger partial charge in [0.1, 0.15) is 11.6 Å². The van der Waals surface area contributed by atoms with Crippen LogP contribution >= 0.6 is 0 Å². The molecule has 158 valence electrons. The molecule has 3 rings (SSSR count). The first-order valence-electron chi connectivity index (χ1n) is 10.1. The van der Waals surface area contributed by atoms with Gasteiger partial charge in [-0.2, -0.15) is 0 Å². The zero-order valence-electron chi connectivity index (χ0n) is 17.3. The van der Waals surface area contributed by atoms with Crippen LogP contribution in [0.4, 0.5) is 5.82 Å². The lowest BCUT2D eigenvalue weighted by Gasteiger charge is -2.29. The maximum Gasteiger partial charge on any atom is 0.213 e. The quantitative estimate of drug-likeness (QED) is 0.682. The van der Waals surface area contributed by atoms with Crippen molar-refractivity contribution in [2.24, 2.45) is 5.92 Å². The van der Waals surface area contributed by atoms with Gasteiger partial charge < -0.3 is 10.1 Å². The number of hydrogen-bond donors (Lipinski definition) is 2. The monoisotopic (exact) mass is 418 g/mol. The summed E-state index contributed by atoms with van der Waals surface area (Å²) in [5.41, 5.74) is 1.77. The van der Waals surface area contributed by atoms with E-state index in [1.165, 1.54) is 0 Å². The molecule has 1 aromatic carbocycles. The lowest BCUT2D eigenvalue weighted by Crippen LogP contribution is -2.37. The second-order valence-corrected chi connectivity index (χ2v) is 10.2. The first-order chi connectivity index (χ1) is 13.9. The Labute approximate surface area is 173 Å². The maximum atomic E-state index is 11.9. The minimum Gasteiger partial charge on any atom is -0.497 e. The van der Waals surface area contributed by atoms with Crippen molar-refractivity contribution in [1.82, 2.24) is 14.9 Å². The third-order valence-corrected chi connectivity index (χ3v) is 7.23. The predicted octanol–water partition coefficient (Wildman–Crippen LogP) is 3.45. The summed E-state index contributed by atoms with van der Waals surface area (Å²) >= 11 is 0. The second-order valence-electron chi connectivity index (χ2n) is 7.84. The van der Waals surface area contributed by atoms with Gasteiger partial charge in [-0.3, -0.25) is 0 Å². The van der Waals surface area contributed by atoms with Crippen LogP contribution in [-0.4, -0.2) is 43.6 Å². The molecule has 0 unspecified atom stereocenters. The zero-order valence-corrected chi connectivity index (χ0v) is 18.1. The summed E-state index contributed by atoms with van der Waals surface area (Å²) in [6.45, 7) is 3.93. The van der Waals surface area contributed by atoms with Gasteiger partial charge in [0.15, 0.2) is 0 Å². The highest BCUT2D eigenvalue weighted by Gasteiger charge is 2.24. The Morgan fingerprint density at radius 1 is 1.10 bits per heavy atom. The van der Waals surface area contributed by atoms with Crippen molar-refractivity contribution in [3.63, 3.8) is 0 Å². The number of anilines is 1. The molecule has 29 heavy (non-hydrogen) atoms. The first kappa shape index (κ1) is 21.5. The van der Waals surface area contributed by atoms with Crippen LogP contribution in [0.25, 0.3) is 11.3 Å². The average molecular weight is 419 g/mol. The van der Waals surface area contributed by atoms with E-state index in [4.69, 9.17) is 4.74 Å². The fourth-order valence-electron chi connectivity index (χ4n) is 3.47. The van der Waals surface area contributed by atoms with Crippen LogP contribution in [0.1, 0.15) is 39.5 Å². The number of sulfonamides is 1. The SMILES string of the molecule is COc1cccc(-c2ccc(N[C@H]3CC[C@H](CNS(=O)(=O)C(C)C)CC3)nn2)c1. The molecule has 7 nitrogen and oxygen atoms in total. The fraction of sp³-hybridized carbons (Fsp3) is 0.524. The molecule has 0 radical (unpaired) electrons. The molecule has 0 bridgehead atoms. The summed E-state index contributed by atoms with van der Waals surface area (Å²) in [6.07, 6.45) is 3.97. The lowest BCUT2D eigenvalue weighted by atomic mass is 9.86. The molecular weight excluding hydrogens is 388 g/mol. The number of ether oxygens (including phenoxy) is 1. The Bertz CT molecular complexity index is 892. The number of benzene rings is 1. The number of nitrogens with zero attached hydrogens (tertiary/aromatic N) is 2. The van der Waals surface area contributed by atoms with Crippen LogP contribution in [0.2, 0.25) is 0 Å². The van der Waals surface area contributed by atoms with Crippen molar-refractivity contribution < 1.29 is 13.2 Å². The van der Waals surface area contributed by atoms with Gasteiger partial charge in [-0.25, -0.2) is 13.1 Å². The van der Waals surface area contributed by atoms with Crippen molar-refractivity contribution in [2.45, 2.75) is 50.8 Å². The Hall–Kier alpha value is -2.19. The molecule has 8 heteroatoms. The van der Waals surface area contributed by atoms with Crippen LogP contribution in [-0.2, 0) is 10.0 Å². The van der Waals surface area contributed by atoms with Crippen LogP contribution in [0, 0.1) is 5.92 Å². The van der Waals surface area contributed by atoms with E-state index >= 15 is 0 Å². The molecule has 2 N–H and O–H groups in total. The van der Waals surface area contributed by atoms with Gasteiger partial charge in [-0.15, -0.1) is 10.2 Å². The maximum absolute atomic E-state index is 11.9. The fourth-order valence-corrected chi connectivity index (χ4v) is 4.27. The van der Waals surface area contributed by atoms with E-state index in [2.05, 4.69) is 20.2 Å². The van der Waals surface area contributed by atoms with Gasteiger partial charge in [-0.1, -0.05) is 12.1 Å². The van der Waals surface area contributed by atoms with Crippen molar-refractivity contribution in [2.75, 3.05) is 19.0 Å². The summed E-state index contributed by atoms with van der Waals surface area (Å²) in [7, 11) is -1.54. The van der Waals surface area contributed by atoms with E-state index in [0.29, 0.717) is 18.5 Å². The summed E-state index contributed by atoms with van der Waals surface area (Å²) in [5, 5.41) is 11.7. The van der Waals surface area contributed by atoms with Crippen molar-refractivity contribution >= 4 is 15.8 Å². The molecule has 2 aromatic rings. The normalized spacial score (nSPS) is 19.9. The van der Waals surface area contributed by atoms with Gasteiger partial charge in [0, 0.05) is 18.2 Å². The molecule has 0 atom stereocenters. The molecule has 0 aliphatic heterocycles. The van der Waals surface area contributed by atoms with E-state index in [1.807, 2.05) is 36.4 Å². The van der Waals surface area contributed by atoms with Gasteiger partial charge in [-0.05, 0) is 69.7 Å². The third-order valence-electron chi connectivity index (χ3n) is 5.42. The number of aromatic nitrogens is 2. The Kier molecular flexibility index (Phi) is 7.08. The molecule has 1 aliphatic carbocycles. The zero-order chi connectivity index (χ0) is 20.9. The predicted molar refractivity (Wildman–Crippen MR) is 115 cm³/mol. The summed E-state index contributed by atoms with van der Waals surface area (Å²) in [4.78, 5) is 0. The van der Waals surface area contributed by atoms with Crippen LogP contribution < -0.4 is 14.8 Å². The number of rotatable bonds is 8. The Morgan fingerprint density at radius 3 is 2.48 bits per heavy atom. The molecule has 1 fully saturated rings. The van der Waals surface area contributed by atoms with Crippen LogP contribution in [0.5, 0.6) is 5.75 Å². The standard InChI is InChI=1S/C21H30N4O3S/c1-15(2)29(26,27)22-14-16-7-9-18(10-8-16)23-21-12-11-20(24-25-21)17-5-4-6-19(13-17)28-3/h4-6,11-13,15-16,18,22H,7-10,14H2,1-3H3,(H,23,25)/t16-,18-.